The lowest BCUT2D eigenvalue weighted by Crippen LogP contribution is -2.56. The number of carbonyl (C=O) groups is 2. The van der Waals surface area contributed by atoms with Gasteiger partial charge in [0.25, 0.3) is 0 Å². The van der Waals surface area contributed by atoms with Crippen molar-refractivity contribution in [2.45, 2.75) is 31.8 Å². The SMILES string of the molecule is C[C@]1(CNC(=O)N2CCNC(=O)C2)CCCN1Cc1ccccc1. The molecule has 0 bridgehead atoms. The Morgan fingerprint density at radius 3 is 2.83 bits per heavy atom. The molecular weight excluding hydrogens is 304 g/mol. The van der Waals surface area contributed by atoms with Gasteiger partial charge in [-0.3, -0.25) is 9.69 Å². The number of benzene rings is 1. The zero-order chi connectivity index (χ0) is 17.0. The van der Waals surface area contributed by atoms with Gasteiger partial charge in [0.15, 0.2) is 0 Å². The Hall–Kier alpha value is -2.08. The first-order chi connectivity index (χ1) is 11.6. The number of carbonyl (C=O) groups excluding carboxylic acids is 2. The van der Waals surface area contributed by atoms with Crippen LogP contribution in [0.5, 0.6) is 0 Å². The largest absolute Gasteiger partial charge is 0.353 e. The van der Waals surface area contributed by atoms with Crippen molar-refractivity contribution in [1.82, 2.24) is 20.4 Å². The van der Waals surface area contributed by atoms with Crippen molar-refractivity contribution < 1.29 is 9.59 Å². The minimum absolute atomic E-state index is 0.0381. The van der Waals surface area contributed by atoms with Crippen LogP contribution in [0.4, 0.5) is 4.79 Å². The Morgan fingerprint density at radius 2 is 2.08 bits per heavy atom. The second kappa shape index (κ2) is 7.21. The molecule has 24 heavy (non-hydrogen) atoms. The maximum Gasteiger partial charge on any atom is 0.317 e. The van der Waals surface area contributed by atoms with Crippen molar-refractivity contribution in [2.75, 3.05) is 32.7 Å². The van der Waals surface area contributed by atoms with Gasteiger partial charge in [0.2, 0.25) is 5.91 Å². The zero-order valence-electron chi connectivity index (χ0n) is 14.3. The fourth-order valence-electron chi connectivity index (χ4n) is 3.54. The number of hydrogen-bond donors (Lipinski definition) is 2. The summed E-state index contributed by atoms with van der Waals surface area (Å²) in [4.78, 5) is 27.8. The standard InChI is InChI=1S/C18H26N4O2/c1-18(14-20-17(24)21-11-9-19-16(23)13-21)8-5-10-22(18)12-15-6-3-2-4-7-15/h2-4,6-7H,5,8-14H2,1H3,(H,19,23)(H,20,24)/t18-/m1/s1. The smallest absolute Gasteiger partial charge is 0.317 e. The van der Waals surface area contributed by atoms with Gasteiger partial charge in [0.1, 0.15) is 6.54 Å². The average molecular weight is 330 g/mol. The van der Waals surface area contributed by atoms with Crippen LogP contribution in [0.1, 0.15) is 25.3 Å². The number of urea groups is 1. The summed E-state index contributed by atoms with van der Waals surface area (Å²) in [7, 11) is 0. The third kappa shape index (κ3) is 3.87. The van der Waals surface area contributed by atoms with Crippen LogP contribution in [0, 0.1) is 0 Å². The van der Waals surface area contributed by atoms with Crippen molar-refractivity contribution in [2.24, 2.45) is 0 Å². The van der Waals surface area contributed by atoms with Crippen LogP contribution >= 0.6 is 0 Å². The van der Waals surface area contributed by atoms with Crippen molar-refractivity contribution in [1.29, 1.82) is 0 Å². The molecule has 3 rings (SSSR count). The molecule has 6 heteroatoms. The number of nitrogens with one attached hydrogen (secondary N) is 2. The molecule has 2 fully saturated rings. The van der Waals surface area contributed by atoms with E-state index in [1.807, 2.05) is 6.07 Å². The molecule has 0 unspecified atom stereocenters. The molecule has 3 amide bonds. The van der Waals surface area contributed by atoms with Crippen molar-refractivity contribution >= 4 is 11.9 Å². The van der Waals surface area contributed by atoms with Gasteiger partial charge in [-0.15, -0.1) is 0 Å². The van der Waals surface area contributed by atoms with Gasteiger partial charge in [0, 0.05) is 31.7 Å². The summed E-state index contributed by atoms with van der Waals surface area (Å²) in [6.07, 6.45) is 2.21. The number of rotatable bonds is 4. The first kappa shape index (κ1) is 16.8. The van der Waals surface area contributed by atoms with Crippen molar-refractivity contribution in [3.63, 3.8) is 0 Å². The van der Waals surface area contributed by atoms with E-state index in [-0.39, 0.29) is 24.0 Å². The molecule has 1 aromatic rings. The van der Waals surface area contributed by atoms with E-state index in [1.54, 1.807) is 4.90 Å². The monoisotopic (exact) mass is 330 g/mol. The van der Waals surface area contributed by atoms with Gasteiger partial charge >= 0.3 is 6.03 Å². The Bertz CT molecular complexity index is 592. The first-order valence-corrected chi connectivity index (χ1v) is 8.65. The maximum absolute atomic E-state index is 12.3. The average Bonchev–Trinajstić information content (AvgIpc) is 2.95. The topological polar surface area (TPSA) is 64.7 Å². The first-order valence-electron chi connectivity index (χ1n) is 8.65. The highest BCUT2D eigenvalue weighted by Gasteiger charge is 2.37. The van der Waals surface area contributed by atoms with Gasteiger partial charge in [-0.05, 0) is 31.9 Å². The molecule has 0 aromatic heterocycles. The quantitative estimate of drug-likeness (QED) is 0.871. The molecule has 2 N–H and O–H groups in total. The second-order valence-corrected chi connectivity index (χ2v) is 6.94. The van der Waals surface area contributed by atoms with Crippen LogP contribution in [0.2, 0.25) is 0 Å². The van der Waals surface area contributed by atoms with Crippen LogP contribution in [-0.4, -0.2) is 60.0 Å². The lowest BCUT2D eigenvalue weighted by Gasteiger charge is -2.36. The van der Waals surface area contributed by atoms with E-state index in [4.69, 9.17) is 0 Å². The molecule has 130 valence electrons. The van der Waals surface area contributed by atoms with Crippen LogP contribution < -0.4 is 10.6 Å². The number of amides is 3. The molecule has 0 aliphatic carbocycles. The van der Waals surface area contributed by atoms with Crippen LogP contribution in [0.25, 0.3) is 0 Å². The van der Waals surface area contributed by atoms with Crippen LogP contribution in [0.3, 0.4) is 0 Å². The highest BCUT2D eigenvalue weighted by Crippen LogP contribution is 2.30. The van der Waals surface area contributed by atoms with Crippen LogP contribution in [-0.2, 0) is 11.3 Å². The van der Waals surface area contributed by atoms with E-state index in [1.165, 1.54) is 5.56 Å². The Kier molecular flexibility index (Phi) is 5.04. The molecule has 1 aromatic carbocycles. The van der Waals surface area contributed by atoms with E-state index >= 15 is 0 Å². The highest BCUT2D eigenvalue weighted by atomic mass is 16.2. The summed E-state index contributed by atoms with van der Waals surface area (Å²) in [5, 5.41) is 5.77. The summed E-state index contributed by atoms with van der Waals surface area (Å²) in [5.74, 6) is -0.0887. The number of piperazine rings is 1. The summed E-state index contributed by atoms with van der Waals surface area (Å²) < 4.78 is 0. The normalized spacial score (nSPS) is 24.7. The molecule has 0 spiro atoms. The molecule has 2 aliphatic heterocycles. The van der Waals surface area contributed by atoms with Crippen LogP contribution in [0.15, 0.2) is 30.3 Å². The predicted octanol–water partition coefficient (Wildman–Crippen LogP) is 1.18. The number of hydrogen-bond acceptors (Lipinski definition) is 3. The van der Waals surface area contributed by atoms with Gasteiger partial charge < -0.3 is 15.5 Å². The minimum atomic E-state index is -0.141. The maximum atomic E-state index is 12.3. The summed E-state index contributed by atoms with van der Waals surface area (Å²) in [5.41, 5.74) is 1.26. The summed E-state index contributed by atoms with van der Waals surface area (Å²) in [6.45, 7) is 6.03. The van der Waals surface area contributed by atoms with E-state index in [0.717, 1.165) is 25.9 Å². The van der Waals surface area contributed by atoms with Gasteiger partial charge in [-0.1, -0.05) is 30.3 Å². The third-order valence-electron chi connectivity index (χ3n) is 5.07. The van der Waals surface area contributed by atoms with Crippen molar-refractivity contribution in [3.05, 3.63) is 35.9 Å². The Balaban J connectivity index is 1.56. The van der Waals surface area contributed by atoms with E-state index < -0.39 is 0 Å². The molecule has 2 heterocycles. The fourth-order valence-corrected chi connectivity index (χ4v) is 3.54. The lowest BCUT2D eigenvalue weighted by atomic mass is 9.98. The predicted molar refractivity (Wildman–Crippen MR) is 92.5 cm³/mol. The van der Waals surface area contributed by atoms with E-state index in [0.29, 0.717) is 19.6 Å². The third-order valence-corrected chi connectivity index (χ3v) is 5.07. The molecule has 6 nitrogen and oxygen atoms in total. The van der Waals surface area contributed by atoms with Gasteiger partial charge in [-0.25, -0.2) is 4.79 Å². The lowest BCUT2D eigenvalue weighted by molar-refractivity contribution is -0.123. The molecule has 2 saturated heterocycles. The summed E-state index contributed by atoms with van der Waals surface area (Å²) >= 11 is 0. The molecule has 0 radical (unpaired) electrons. The van der Waals surface area contributed by atoms with E-state index in [2.05, 4.69) is 46.7 Å². The molecule has 1 atom stereocenters. The highest BCUT2D eigenvalue weighted by molar-refractivity contribution is 5.85. The van der Waals surface area contributed by atoms with E-state index in [9.17, 15) is 9.59 Å². The van der Waals surface area contributed by atoms with Gasteiger partial charge in [0.05, 0.1) is 0 Å². The second-order valence-electron chi connectivity index (χ2n) is 6.94. The Morgan fingerprint density at radius 1 is 1.29 bits per heavy atom. The minimum Gasteiger partial charge on any atom is -0.353 e. The zero-order valence-corrected chi connectivity index (χ0v) is 14.3. The van der Waals surface area contributed by atoms with Gasteiger partial charge in [-0.2, -0.15) is 0 Å². The van der Waals surface area contributed by atoms with Crippen molar-refractivity contribution in [3.8, 4) is 0 Å². The molecule has 2 aliphatic rings. The molecule has 0 saturated carbocycles. The Labute approximate surface area is 143 Å². The number of likely N-dealkylation sites (tertiary alicyclic amines) is 1. The summed E-state index contributed by atoms with van der Waals surface area (Å²) in [6, 6.07) is 10.3. The fraction of sp³-hybridized carbons (Fsp3) is 0.556. The molecular formula is C18H26N4O2. The number of nitrogens with zero attached hydrogens (tertiary/aromatic N) is 2.